The van der Waals surface area contributed by atoms with Crippen LogP contribution in [0.4, 0.5) is 5.69 Å². The lowest BCUT2D eigenvalue weighted by molar-refractivity contribution is 0.101. The van der Waals surface area contributed by atoms with Crippen LogP contribution in [0.1, 0.15) is 16.2 Å². The maximum Gasteiger partial charge on any atom is 0.272 e. The van der Waals surface area contributed by atoms with E-state index >= 15 is 0 Å². The molecule has 0 aliphatic carbocycles. The summed E-state index contributed by atoms with van der Waals surface area (Å²) >= 11 is 0. The minimum absolute atomic E-state index is 0.130. The number of nitrogens with one attached hydrogen (secondary N) is 1. The van der Waals surface area contributed by atoms with Gasteiger partial charge in [-0.25, -0.2) is 0 Å². The summed E-state index contributed by atoms with van der Waals surface area (Å²) < 4.78 is 1.82. The number of carbonyl (C=O) groups excluding carboxylic acids is 1. The van der Waals surface area contributed by atoms with Crippen molar-refractivity contribution >= 4 is 11.6 Å². The summed E-state index contributed by atoms with van der Waals surface area (Å²) in [4.78, 5) is 11.9. The Morgan fingerprint density at radius 2 is 2.06 bits per heavy atom. The van der Waals surface area contributed by atoms with E-state index in [0.29, 0.717) is 11.4 Å². The van der Waals surface area contributed by atoms with Gasteiger partial charge in [-0.15, -0.1) is 0 Å². The van der Waals surface area contributed by atoms with Crippen LogP contribution in [0.5, 0.6) is 5.75 Å². The van der Waals surface area contributed by atoms with Crippen molar-refractivity contribution in [2.75, 3.05) is 5.32 Å². The molecule has 1 aromatic carbocycles. The molecule has 1 amide bonds. The van der Waals surface area contributed by atoms with Crippen LogP contribution in [-0.4, -0.2) is 15.6 Å². The first-order valence-corrected chi connectivity index (χ1v) is 5.30. The number of carbonyl (C=O) groups is 1. The number of phenolic OH excluding ortho intramolecular Hbond substituents is 1. The van der Waals surface area contributed by atoms with E-state index in [1.165, 1.54) is 6.07 Å². The van der Waals surface area contributed by atoms with Crippen LogP contribution < -0.4 is 5.32 Å². The Kier molecular flexibility index (Phi) is 2.87. The van der Waals surface area contributed by atoms with Crippen LogP contribution >= 0.6 is 0 Å². The lowest BCUT2D eigenvalue weighted by Gasteiger charge is -2.07. The average molecular weight is 230 g/mol. The van der Waals surface area contributed by atoms with Gasteiger partial charge in [0.1, 0.15) is 11.4 Å². The van der Waals surface area contributed by atoms with Gasteiger partial charge in [0.15, 0.2) is 0 Å². The second-order valence-corrected chi connectivity index (χ2v) is 3.92. The number of amides is 1. The minimum atomic E-state index is -0.189. The van der Waals surface area contributed by atoms with Gasteiger partial charge in [-0.3, -0.25) is 4.79 Å². The Balaban J connectivity index is 2.20. The monoisotopic (exact) mass is 230 g/mol. The number of aryl methyl sites for hydroxylation is 1. The second-order valence-electron chi connectivity index (χ2n) is 3.92. The number of hydrogen-bond donors (Lipinski definition) is 2. The normalized spacial score (nSPS) is 10.2. The van der Waals surface area contributed by atoms with Gasteiger partial charge in [-0.05, 0) is 31.2 Å². The number of anilines is 1. The molecule has 0 aliphatic heterocycles. The quantitative estimate of drug-likeness (QED) is 0.831. The fraction of sp³-hybridized carbons (Fsp3) is 0.154. The molecule has 0 saturated heterocycles. The van der Waals surface area contributed by atoms with Gasteiger partial charge in [0, 0.05) is 24.5 Å². The maximum atomic E-state index is 11.9. The molecule has 0 radical (unpaired) electrons. The third-order valence-electron chi connectivity index (χ3n) is 2.71. The first-order valence-electron chi connectivity index (χ1n) is 5.30. The van der Waals surface area contributed by atoms with Crippen molar-refractivity contribution in [3.05, 3.63) is 47.8 Å². The highest BCUT2D eigenvalue weighted by molar-refractivity contribution is 6.03. The van der Waals surface area contributed by atoms with E-state index in [9.17, 15) is 9.90 Å². The first kappa shape index (κ1) is 11.3. The van der Waals surface area contributed by atoms with Crippen LogP contribution in [-0.2, 0) is 7.05 Å². The minimum Gasteiger partial charge on any atom is -0.508 e. The Labute approximate surface area is 99.5 Å². The molecular formula is C13H14N2O2. The van der Waals surface area contributed by atoms with E-state index in [0.717, 1.165) is 5.69 Å². The molecule has 2 N–H and O–H groups in total. The molecule has 4 nitrogen and oxygen atoms in total. The van der Waals surface area contributed by atoms with E-state index in [1.807, 2.05) is 24.6 Å². The van der Waals surface area contributed by atoms with Gasteiger partial charge in [-0.1, -0.05) is 6.07 Å². The SMILES string of the molecule is Cc1ccc(C(=O)Nc2cccc(O)c2)n1C. The molecule has 2 aromatic rings. The van der Waals surface area contributed by atoms with Crippen molar-refractivity contribution in [3.63, 3.8) is 0 Å². The molecule has 0 spiro atoms. The van der Waals surface area contributed by atoms with Crippen molar-refractivity contribution in [2.24, 2.45) is 7.05 Å². The number of aromatic nitrogens is 1. The van der Waals surface area contributed by atoms with Gasteiger partial charge < -0.3 is 15.0 Å². The second kappa shape index (κ2) is 4.33. The zero-order chi connectivity index (χ0) is 12.4. The summed E-state index contributed by atoms with van der Waals surface area (Å²) in [5, 5.41) is 12.0. The van der Waals surface area contributed by atoms with E-state index in [1.54, 1.807) is 24.3 Å². The smallest absolute Gasteiger partial charge is 0.272 e. The summed E-state index contributed by atoms with van der Waals surface area (Å²) in [5.41, 5.74) is 2.19. The maximum absolute atomic E-state index is 11.9. The Hall–Kier alpha value is -2.23. The molecule has 0 bridgehead atoms. The van der Waals surface area contributed by atoms with Crippen molar-refractivity contribution in [1.82, 2.24) is 4.57 Å². The highest BCUT2D eigenvalue weighted by atomic mass is 16.3. The number of benzene rings is 1. The molecule has 1 heterocycles. The van der Waals surface area contributed by atoms with E-state index in [4.69, 9.17) is 0 Å². The molecule has 0 atom stereocenters. The Bertz CT molecular complexity index is 558. The van der Waals surface area contributed by atoms with Crippen LogP contribution in [0.3, 0.4) is 0 Å². The largest absolute Gasteiger partial charge is 0.508 e. The van der Waals surface area contributed by atoms with Crippen LogP contribution in [0.15, 0.2) is 36.4 Å². The van der Waals surface area contributed by atoms with Crippen molar-refractivity contribution in [2.45, 2.75) is 6.92 Å². The van der Waals surface area contributed by atoms with Crippen LogP contribution in [0, 0.1) is 6.92 Å². The predicted molar refractivity (Wildman–Crippen MR) is 66.2 cm³/mol. The number of hydrogen-bond acceptors (Lipinski definition) is 2. The molecule has 4 heteroatoms. The molecule has 0 fully saturated rings. The third kappa shape index (κ3) is 2.30. The number of aromatic hydroxyl groups is 1. The van der Waals surface area contributed by atoms with E-state index in [2.05, 4.69) is 5.32 Å². The van der Waals surface area contributed by atoms with Crippen LogP contribution in [0.25, 0.3) is 0 Å². The Morgan fingerprint density at radius 3 is 2.65 bits per heavy atom. The van der Waals surface area contributed by atoms with Crippen molar-refractivity contribution < 1.29 is 9.90 Å². The fourth-order valence-corrected chi connectivity index (χ4v) is 1.62. The molecule has 2 rings (SSSR count). The first-order chi connectivity index (χ1) is 8.08. The number of rotatable bonds is 2. The number of phenols is 1. The van der Waals surface area contributed by atoms with Gasteiger partial charge in [0.05, 0.1) is 0 Å². The number of nitrogens with zero attached hydrogens (tertiary/aromatic N) is 1. The zero-order valence-electron chi connectivity index (χ0n) is 9.77. The van der Waals surface area contributed by atoms with Gasteiger partial charge in [0.25, 0.3) is 5.91 Å². The summed E-state index contributed by atoms with van der Waals surface area (Å²) in [6.07, 6.45) is 0. The van der Waals surface area contributed by atoms with Crippen molar-refractivity contribution in [3.8, 4) is 5.75 Å². The Morgan fingerprint density at radius 1 is 1.29 bits per heavy atom. The molecule has 0 aliphatic rings. The van der Waals surface area contributed by atoms with E-state index in [-0.39, 0.29) is 11.7 Å². The highest BCUT2D eigenvalue weighted by Gasteiger charge is 2.10. The molecule has 88 valence electrons. The highest BCUT2D eigenvalue weighted by Crippen LogP contribution is 2.16. The molecule has 17 heavy (non-hydrogen) atoms. The summed E-state index contributed by atoms with van der Waals surface area (Å²) in [6.45, 7) is 1.94. The standard InChI is InChI=1S/C13H14N2O2/c1-9-6-7-12(15(9)2)13(17)14-10-4-3-5-11(16)8-10/h3-8,16H,1-2H3,(H,14,17). The molecule has 1 aromatic heterocycles. The zero-order valence-corrected chi connectivity index (χ0v) is 9.77. The molecular weight excluding hydrogens is 216 g/mol. The average Bonchev–Trinajstić information content (AvgIpc) is 2.60. The molecule has 0 unspecified atom stereocenters. The lowest BCUT2D eigenvalue weighted by atomic mass is 10.3. The van der Waals surface area contributed by atoms with Crippen LogP contribution in [0.2, 0.25) is 0 Å². The molecule has 0 saturated carbocycles. The van der Waals surface area contributed by atoms with Crippen molar-refractivity contribution in [1.29, 1.82) is 0 Å². The van der Waals surface area contributed by atoms with Gasteiger partial charge in [0.2, 0.25) is 0 Å². The summed E-state index contributed by atoms with van der Waals surface area (Å²) in [6, 6.07) is 10.1. The van der Waals surface area contributed by atoms with Gasteiger partial charge >= 0.3 is 0 Å². The summed E-state index contributed by atoms with van der Waals surface area (Å²) in [7, 11) is 1.84. The fourth-order valence-electron chi connectivity index (χ4n) is 1.62. The summed E-state index contributed by atoms with van der Waals surface area (Å²) in [5.74, 6) is -0.0583. The third-order valence-corrected chi connectivity index (χ3v) is 2.71. The van der Waals surface area contributed by atoms with Gasteiger partial charge in [-0.2, -0.15) is 0 Å². The topological polar surface area (TPSA) is 54.3 Å². The lowest BCUT2D eigenvalue weighted by Crippen LogP contribution is -2.15. The van der Waals surface area contributed by atoms with E-state index < -0.39 is 0 Å². The predicted octanol–water partition coefficient (Wildman–Crippen LogP) is 2.29.